The first-order valence-corrected chi connectivity index (χ1v) is 12.3. The van der Waals surface area contributed by atoms with Crippen LogP contribution >= 0.6 is 11.6 Å². The van der Waals surface area contributed by atoms with Crippen LogP contribution in [0, 0.1) is 0 Å². The van der Waals surface area contributed by atoms with Gasteiger partial charge in [0.25, 0.3) is 5.91 Å². The lowest BCUT2D eigenvalue weighted by Crippen LogP contribution is -2.29. The molecule has 0 bridgehead atoms. The van der Waals surface area contributed by atoms with E-state index in [9.17, 15) is 9.90 Å². The molecule has 1 amide bonds. The molecule has 0 radical (unpaired) electrons. The van der Waals surface area contributed by atoms with Crippen molar-refractivity contribution in [1.82, 2.24) is 15.1 Å². The molecule has 1 atom stereocenters. The minimum Gasteiger partial charge on any atom is -0.507 e. The van der Waals surface area contributed by atoms with Gasteiger partial charge in [-0.3, -0.25) is 9.89 Å². The van der Waals surface area contributed by atoms with Gasteiger partial charge in [-0.25, -0.2) is 0 Å². The van der Waals surface area contributed by atoms with Crippen LogP contribution in [0.3, 0.4) is 0 Å². The number of aromatic nitrogens is 2. The number of phenolic OH excluding ortho intramolecular Hbond substituents is 1. The standard InChI is InChI=1S/C29H26ClN3O4/c1-3-14-37-23-13-10-19(15-24(23)36-4-2)28-25-26(21-16-20(30)11-12-22(21)34)31-32-27(25)29(35)33(28)17-18-8-6-5-7-9-18/h3,5-13,15-16,28,34H,1,4,14,17H2,2H3,(H,31,32). The Morgan fingerprint density at radius 1 is 1.11 bits per heavy atom. The maximum Gasteiger partial charge on any atom is 0.273 e. The number of aromatic hydroxyl groups is 1. The number of rotatable bonds is 9. The zero-order chi connectivity index (χ0) is 25.9. The predicted molar refractivity (Wildman–Crippen MR) is 142 cm³/mol. The molecule has 3 aromatic carbocycles. The second kappa shape index (κ2) is 10.4. The summed E-state index contributed by atoms with van der Waals surface area (Å²) in [7, 11) is 0. The van der Waals surface area contributed by atoms with Crippen LogP contribution in [0.4, 0.5) is 0 Å². The molecular formula is C29H26ClN3O4. The number of carbonyl (C=O) groups is 1. The lowest BCUT2D eigenvalue weighted by molar-refractivity contribution is 0.0729. The van der Waals surface area contributed by atoms with Crippen molar-refractivity contribution in [3.05, 3.63) is 107 Å². The van der Waals surface area contributed by atoms with Crippen molar-refractivity contribution < 1.29 is 19.4 Å². The summed E-state index contributed by atoms with van der Waals surface area (Å²) in [6.07, 6.45) is 1.67. The second-order valence-corrected chi connectivity index (χ2v) is 9.02. The summed E-state index contributed by atoms with van der Waals surface area (Å²) in [5.74, 6) is 0.992. The molecule has 0 saturated carbocycles. The summed E-state index contributed by atoms with van der Waals surface area (Å²) in [5.41, 5.74) is 3.76. The average Bonchev–Trinajstić information content (AvgIpc) is 3.44. The minimum atomic E-state index is -0.498. The Morgan fingerprint density at radius 3 is 2.68 bits per heavy atom. The number of hydrogen-bond donors (Lipinski definition) is 2. The number of fused-ring (bicyclic) bond motifs is 1. The number of benzene rings is 3. The topological polar surface area (TPSA) is 87.7 Å². The molecular weight excluding hydrogens is 490 g/mol. The molecule has 1 unspecified atom stereocenters. The first-order chi connectivity index (χ1) is 18.0. The molecule has 1 aliphatic heterocycles. The van der Waals surface area contributed by atoms with E-state index in [1.807, 2.05) is 55.5 Å². The van der Waals surface area contributed by atoms with Gasteiger partial charge in [0.05, 0.1) is 12.6 Å². The van der Waals surface area contributed by atoms with E-state index in [1.165, 1.54) is 6.07 Å². The minimum absolute atomic E-state index is 0.0228. The number of nitrogens with one attached hydrogen (secondary N) is 1. The Morgan fingerprint density at radius 2 is 1.92 bits per heavy atom. The molecule has 0 fully saturated rings. The summed E-state index contributed by atoms with van der Waals surface area (Å²) in [6, 6.07) is 19.7. The van der Waals surface area contributed by atoms with Crippen molar-refractivity contribution in [3.63, 3.8) is 0 Å². The highest BCUT2D eigenvalue weighted by Crippen LogP contribution is 2.46. The van der Waals surface area contributed by atoms with Gasteiger partial charge in [0, 0.05) is 22.7 Å². The summed E-state index contributed by atoms with van der Waals surface area (Å²) in [6.45, 7) is 6.78. The highest BCUT2D eigenvalue weighted by molar-refractivity contribution is 6.31. The van der Waals surface area contributed by atoms with Crippen molar-refractivity contribution >= 4 is 17.5 Å². The van der Waals surface area contributed by atoms with Gasteiger partial charge in [0.2, 0.25) is 0 Å². The average molecular weight is 516 g/mol. The van der Waals surface area contributed by atoms with Crippen LogP contribution in [0.15, 0.2) is 79.4 Å². The monoisotopic (exact) mass is 515 g/mol. The fourth-order valence-corrected chi connectivity index (χ4v) is 4.79. The van der Waals surface area contributed by atoms with Crippen molar-refractivity contribution in [3.8, 4) is 28.5 Å². The molecule has 8 heteroatoms. The van der Waals surface area contributed by atoms with E-state index in [0.717, 1.165) is 11.1 Å². The lowest BCUT2D eigenvalue weighted by Gasteiger charge is -2.27. The Balaban J connectivity index is 1.67. The van der Waals surface area contributed by atoms with Crippen molar-refractivity contribution in [1.29, 1.82) is 0 Å². The Kier molecular flexibility index (Phi) is 6.88. The molecule has 0 aliphatic carbocycles. The van der Waals surface area contributed by atoms with Gasteiger partial charge in [-0.15, -0.1) is 0 Å². The fraction of sp³-hybridized carbons (Fsp3) is 0.172. The zero-order valence-electron chi connectivity index (χ0n) is 20.3. The molecule has 188 valence electrons. The third kappa shape index (κ3) is 4.66. The summed E-state index contributed by atoms with van der Waals surface area (Å²) >= 11 is 6.25. The predicted octanol–water partition coefficient (Wildman–Crippen LogP) is 6.14. The SMILES string of the molecule is C=CCOc1ccc(C2c3c(-c4cc(Cl)ccc4O)n[nH]c3C(=O)N2Cc2ccccc2)cc1OCC. The molecule has 37 heavy (non-hydrogen) atoms. The summed E-state index contributed by atoms with van der Waals surface area (Å²) in [5, 5.41) is 18.4. The number of amides is 1. The van der Waals surface area contributed by atoms with Gasteiger partial charge in [-0.05, 0) is 48.4 Å². The van der Waals surface area contributed by atoms with Gasteiger partial charge in [0.1, 0.15) is 23.7 Å². The number of halogens is 1. The Hall–Kier alpha value is -4.23. The number of ether oxygens (including phenoxy) is 2. The van der Waals surface area contributed by atoms with Gasteiger partial charge < -0.3 is 19.5 Å². The smallest absolute Gasteiger partial charge is 0.273 e. The van der Waals surface area contributed by atoms with E-state index in [2.05, 4.69) is 16.8 Å². The third-order valence-electron chi connectivity index (χ3n) is 6.21. The molecule has 0 saturated heterocycles. The zero-order valence-corrected chi connectivity index (χ0v) is 21.0. The first kappa shape index (κ1) is 24.5. The van der Waals surface area contributed by atoms with E-state index < -0.39 is 6.04 Å². The maximum atomic E-state index is 13.7. The van der Waals surface area contributed by atoms with Crippen LogP contribution in [0.1, 0.15) is 40.1 Å². The second-order valence-electron chi connectivity index (χ2n) is 8.58. The molecule has 7 nitrogen and oxygen atoms in total. The fourth-order valence-electron chi connectivity index (χ4n) is 4.62. The third-order valence-corrected chi connectivity index (χ3v) is 6.45. The molecule has 2 heterocycles. The maximum absolute atomic E-state index is 13.7. The quantitative estimate of drug-likeness (QED) is 0.261. The summed E-state index contributed by atoms with van der Waals surface area (Å²) in [4.78, 5) is 15.5. The molecule has 0 spiro atoms. The largest absolute Gasteiger partial charge is 0.507 e. The van der Waals surface area contributed by atoms with E-state index >= 15 is 0 Å². The van der Waals surface area contributed by atoms with E-state index in [0.29, 0.717) is 58.8 Å². The molecule has 4 aromatic rings. The molecule has 1 aliphatic rings. The van der Waals surface area contributed by atoms with Crippen molar-refractivity contribution in [2.24, 2.45) is 0 Å². The molecule has 2 N–H and O–H groups in total. The number of phenols is 1. The van der Waals surface area contributed by atoms with Gasteiger partial charge >= 0.3 is 0 Å². The first-order valence-electron chi connectivity index (χ1n) is 11.9. The number of aromatic amines is 1. The van der Waals surface area contributed by atoms with Crippen LogP contribution in [0.5, 0.6) is 17.2 Å². The Labute approximate surface area is 219 Å². The lowest BCUT2D eigenvalue weighted by atomic mass is 9.95. The van der Waals surface area contributed by atoms with E-state index in [1.54, 1.807) is 23.1 Å². The number of carbonyl (C=O) groups excluding carboxylic acids is 1. The van der Waals surface area contributed by atoms with Crippen molar-refractivity contribution in [2.75, 3.05) is 13.2 Å². The van der Waals surface area contributed by atoms with E-state index in [4.69, 9.17) is 21.1 Å². The van der Waals surface area contributed by atoms with Crippen LogP contribution in [0.2, 0.25) is 5.02 Å². The van der Waals surface area contributed by atoms with Crippen LogP contribution in [-0.2, 0) is 6.54 Å². The van der Waals surface area contributed by atoms with Gasteiger partial charge in [-0.2, -0.15) is 5.10 Å². The Bertz CT molecular complexity index is 1450. The highest BCUT2D eigenvalue weighted by Gasteiger charge is 2.42. The van der Waals surface area contributed by atoms with Crippen molar-refractivity contribution in [2.45, 2.75) is 19.5 Å². The number of hydrogen-bond acceptors (Lipinski definition) is 5. The highest BCUT2D eigenvalue weighted by atomic mass is 35.5. The molecule has 1 aromatic heterocycles. The van der Waals surface area contributed by atoms with E-state index in [-0.39, 0.29) is 11.7 Å². The normalized spacial score (nSPS) is 14.5. The number of H-pyrrole nitrogens is 1. The summed E-state index contributed by atoms with van der Waals surface area (Å²) < 4.78 is 11.7. The van der Waals surface area contributed by atoms with Gasteiger partial charge in [-0.1, -0.05) is 60.7 Å². The van der Waals surface area contributed by atoms with Crippen LogP contribution in [0.25, 0.3) is 11.3 Å². The number of nitrogens with zero attached hydrogens (tertiary/aromatic N) is 2. The van der Waals surface area contributed by atoms with Crippen LogP contribution in [-0.4, -0.2) is 39.3 Å². The molecule has 5 rings (SSSR count). The van der Waals surface area contributed by atoms with Gasteiger partial charge in [0.15, 0.2) is 11.5 Å². The van der Waals surface area contributed by atoms with Crippen LogP contribution < -0.4 is 9.47 Å².